The van der Waals surface area contributed by atoms with Gasteiger partial charge in [0.15, 0.2) is 4.47 Å². The summed E-state index contributed by atoms with van der Waals surface area (Å²) in [4.78, 5) is 4.85. The van der Waals surface area contributed by atoms with Gasteiger partial charge in [-0.25, -0.2) is 4.98 Å². The summed E-state index contributed by atoms with van der Waals surface area (Å²) >= 11 is 12.7. The van der Waals surface area contributed by atoms with Crippen LogP contribution in [0.1, 0.15) is 17.2 Å². The molecule has 1 aromatic rings. The largest absolute Gasteiger partial charge is 0.233 e. The van der Waals surface area contributed by atoms with E-state index in [1.807, 2.05) is 6.92 Å². The molecule has 0 saturated carbocycles. The minimum atomic E-state index is 0.0231. The summed E-state index contributed by atoms with van der Waals surface area (Å²) in [6.45, 7) is 1.89. The third kappa shape index (κ3) is 1.81. The van der Waals surface area contributed by atoms with E-state index in [0.717, 1.165) is 4.88 Å². The zero-order valence-electron chi connectivity index (χ0n) is 4.77. The van der Waals surface area contributed by atoms with Crippen LogP contribution >= 0.6 is 34.5 Å². The number of hydrogen-bond donors (Lipinski definition) is 0. The van der Waals surface area contributed by atoms with Gasteiger partial charge in [0, 0.05) is 11.1 Å². The van der Waals surface area contributed by atoms with Gasteiger partial charge < -0.3 is 0 Å². The highest BCUT2D eigenvalue weighted by Crippen LogP contribution is 2.27. The Labute approximate surface area is 67.6 Å². The molecule has 50 valence electrons. The Balaban J connectivity index is 2.85. The molecule has 0 aliphatic heterocycles. The Bertz CT molecular complexity index is 197. The smallest absolute Gasteiger partial charge is 0.183 e. The van der Waals surface area contributed by atoms with Gasteiger partial charge in [0.25, 0.3) is 0 Å². The monoisotopic (exact) mass is 181 g/mol. The molecule has 0 aromatic carbocycles. The van der Waals surface area contributed by atoms with Crippen molar-refractivity contribution < 1.29 is 0 Å². The van der Waals surface area contributed by atoms with Crippen LogP contribution in [0, 0.1) is 0 Å². The van der Waals surface area contributed by atoms with Crippen molar-refractivity contribution in [3.05, 3.63) is 15.5 Å². The van der Waals surface area contributed by atoms with Crippen LogP contribution in [0.25, 0.3) is 0 Å². The van der Waals surface area contributed by atoms with E-state index in [4.69, 9.17) is 23.2 Å². The summed E-state index contributed by atoms with van der Waals surface area (Å²) in [5.41, 5.74) is 0. The van der Waals surface area contributed by atoms with Crippen molar-refractivity contribution in [1.82, 2.24) is 4.98 Å². The normalized spacial score (nSPS) is 13.7. The fraction of sp³-hybridized carbons (Fsp3) is 0.400. The average molecular weight is 182 g/mol. The van der Waals surface area contributed by atoms with Gasteiger partial charge in [0.05, 0.1) is 5.38 Å². The number of halogens is 2. The van der Waals surface area contributed by atoms with Crippen LogP contribution in [0.2, 0.25) is 4.47 Å². The van der Waals surface area contributed by atoms with Gasteiger partial charge in [-0.05, 0) is 6.92 Å². The maximum absolute atomic E-state index is 5.73. The molecule has 1 rings (SSSR count). The van der Waals surface area contributed by atoms with Gasteiger partial charge in [-0.1, -0.05) is 11.6 Å². The first-order valence-corrected chi connectivity index (χ1v) is 4.08. The second kappa shape index (κ2) is 2.86. The second-order valence-corrected chi connectivity index (χ2v) is 3.93. The lowest BCUT2D eigenvalue weighted by Crippen LogP contribution is -1.73. The van der Waals surface area contributed by atoms with Crippen LogP contribution in [0.5, 0.6) is 0 Å². The third-order valence-corrected chi connectivity index (χ3v) is 2.55. The van der Waals surface area contributed by atoms with Gasteiger partial charge in [0.1, 0.15) is 0 Å². The van der Waals surface area contributed by atoms with Crippen LogP contribution in [-0.2, 0) is 0 Å². The fourth-order valence-electron chi connectivity index (χ4n) is 0.448. The molecular formula is C5H5Cl2NS. The molecule has 1 aromatic heterocycles. The molecule has 1 atom stereocenters. The van der Waals surface area contributed by atoms with E-state index in [2.05, 4.69) is 4.98 Å². The Morgan fingerprint density at radius 2 is 2.44 bits per heavy atom. The standard InChI is InChI=1S/C5H5Cl2NS/c1-3(6)4-2-8-5(7)9-4/h2-3H,1H3. The number of alkyl halides is 1. The summed E-state index contributed by atoms with van der Waals surface area (Å²) in [7, 11) is 0. The fourth-order valence-corrected chi connectivity index (χ4v) is 1.52. The topological polar surface area (TPSA) is 12.9 Å². The Morgan fingerprint density at radius 1 is 1.78 bits per heavy atom. The summed E-state index contributed by atoms with van der Waals surface area (Å²) in [6, 6.07) is 0. The Morgan fingerprint density at radius 3 is 2.67 bits per heavy atom. The maximum Gasteiger partial charge on any atom is 0.183 e. The zero-order chi connectivity index (χ0) is 6.85. The van der Waals surface area contributed by atoms with Crippen molar-refractivity contribution in [2.75, 3.05) is 0 Å². The van der Waals surface area contributed by atoms with E-state index >= 15 is 0 Å². The van der Waals surface area contributed by atoms with Gasteiger partial charge in [-0.2, -0.15) is 0 Å². The van der Waals surface area contributed by atoms with Crippen LogP contribution < -0.4 is 0 Å². The van der Waals surface area contributed by atoms with E-state index in [0.29, 0.717) is 4.47 Å². The molecule has 0 spiro atoms. The molecule has 0 bridgehead atoms. The number of aromatic nitrogens is 1. The van der Waals surface area contributed by atoms with Crippen molar-refractivity contribution in [3.8, 4) is 0 Å². The third-order valence-electron chi connectivity index (χ3n) is 0.887. The van der Waals surface area contributed by atoms with Gasteiger partial charge in [-0.15, -0.1) is 22.9 Å². The SMILES string of the molecule is CC(Cl)c1cnc(Cl)s1. The lowest BCUT2D eigenvalue weighted by Gasteiger charge is -1.91. The molecule has 1 nitrogen and oxygen atoms in total. The highest BCUT2D eigenvalue weighted by Gasteiger charge is 2.03. The van der Waals surface area contributed by atoms with Crippen molar-refractivity contribution in [2.45, 2.75) is 12.3 Å². The number of nitrogens with zero attached hydrogens (tertiary/aromatic N) is 1. The van der Waals surface area contributed by atoms with E-state index in [9.17, 15) is 0 Å². The molecule has 0 N–H and O–H groups in total. The summed E-state index contributed by atoms with van der Waals surface area (Å²) in [5, 5.41) is 0.0231. The first-order valence-electron chi connectivity index (χ1n) is 2.45. The molecule has 4 heteroatoms. The highest BCUT2D eigenvalue weighted by atomic mass is 35.5. The van der Waals surface area contributed by atoms with Crippen LogP contribution in [0.3, 0.4) is 0 Å². The lowest BCUT2D eigenvalue weighted by molar-refractivity contribution is 1.11. The molecule has 0 saturated heterocycles. The van der Waals surface area contributed by atoms with Crippen LogP contribution in [-0.4, -0.2) is 4.98 Å². The quantitative estimate of drug-likeness (QED) is 0.608. The summed E-state index contributed by atoms with van der Waals surface area (Å²) in [6.07, 6.45) is 1.70. The van der Waals surface area contributed by atoms with E-state index < -0.39 is 0 Å². The molecule has 9 heavy (non-hydrogen) atoms. The molecule has 1 unspecified atom stereocenters. The maximum atomic E-state index is 5.73. The Hall–Kier alpha value is 0.210. The van der Waals surface area contributed by atoms with Gasteiger partial charge >= 0.3 is 0 Å². The number of hydrogen-bond acceptors (Lipinski definition) is 2. The molecule has 0 radical (unpaired) electrons. The van der Waals surface area contributed by atoms with E-state index in [1.165, 1.54) is 11.3 Å². The average Bonchev–Trinajstić information content (AvgIpc) is 2.14. The predicted molar refractivity (Wildman–Crippen MR) is 41.4 cm³/mol. The van der Waals surface area contributed by atoms with E-state index in [-0.39, 0.29) is 5.38 Å². The lowest BCUT2D eigenvalue weighted by atomic mass is 10.4. The summed E-state index contributed by atoms with van der Waals surface area (Å²) in [5.74, 6) is 0. The molecule has 0 amide bonds. The highest BCUT2D eigenvalue weighted by molar-refractivity contribution is 7.16. The molecule has 0 aliphatic rings. The van der Waals surface area contributed by atoms with Crippen molar-refractivity contribution in [3.63, 3.8) is 0 Å². The van der Waals surface area contributed by atoms with Crippen LogP contribution in [0.15, 0.2) is 6.20 Å². The van der Waals surface area contributed by atoms with Crippen LogP contribution in [0.4, 0.5) is 0 Å². The predicted octanol–water partition coefficient (Wildman–Crippen LogP) is 3.10. The van der Waals surface area contributed by atoms with Crippen molar-refractivity contribution >= 4 is 34.5 Å². The van der Waals surface area contributed by atoms with Gasteiger partial charge in [-0.3, -0.25) is 0 Å². The molecule has 1 heterocycles. The second-order valence-electron chi connectivity index (χ2n) is 1.63. The van der Waals surface area contributed by atoms with E-state index in [1.54, 1.807) is 6.20 Å². The van der Waals surface area contributed by atoms with Crippen molar-refractivity contribution in [2.24, 2.45) is 0 Å². The van der Waals surface area contributed by atoms with Gasteiger partial charge in [0.2, 0.25) is 0 Å². The minimum absolute atomic E-state index is 0.0231. The molecular weight excluding hydrogens is 177 g/mol. The zero-order valence-corrected chi connectivity index (χ0v) is 7.09. The first-order chi connectivity index (χ1) is 4.20. The molecule has 0 fully saturated rings. The minimum Gasteiger partial charge on any atom is -0.233 e. The van der Waals surface area contributed by atoms with Crippen molar-refractivity contribution in [1.29, 1.82) is 0 Å². The first kappa shape index (κ1) is 7.32. The number of rotatable bonds is 1. The Kier molecular flexibility index (Phi) is 2.33. The molecule has 0 aliphatic carbocycles. The summed E-state index contributed by atoms with van der Waals surface area (Å²) < 4.78 is 0.553. The number of thiazole rings is 1.